The van der Waals surface area contributed by atoms with Gasteiger partial charge in [0.15, 0.2) is 0 Å². The van der Waals surface area contributed by atoms with Crippen LogP contribution in [0, 0.1) is 0 Å². The molecule has 5 nitrogen and oxygen atoms in total. The molecule has 0 spiro atoms. The van der Waals surface area contributed by atoms with Crippen LogP contribution in [0.2, 0.25) is 0 Å². The number of hydrogen-bond acceptors (Lipinski definition) is 4. The summed E-state index contributed by atoms with van der Waals surface area (Å²) in [6.45, 7) is 2.95. The van der Waals surface area contributed by atoms with Crippen molar-refractivity contribution in [1.29, 1.82) is 0 Å². The van der Waals surface area contributed by atoms with Crippen molar-refractivity contribution >= 4 is 18.3 Å². The second-order valence-electron chi connectivity index (χ2n) is 5.15. The molecule has 1 N–H and O–H groups in total. The lowest BCUT2D eigenvalue weighted by atomic mass is 10.0. The first-order valence-electron chi connectivity index (χ1n) is 7.40. The lowest BCUT2D eigenvalue weighted by Crippen LogP contribution is -2.48. The van der Waals surface area contributed by atoms with E-state index in [1.165, 1.54) is 0 Å². The summed E-state index contributed by atoms with van der Waals surface area (Å²) < 4.78 is 10.5. The molecule has 2 rings (SSSR count). The van der Waals surface area contributed by atoms with E-state index in [-0.39, 0.29) is 24.4 Å². The number of rotatable bonds is 6. The van der Waals surface area contributed by atoms with Gasteiger partial charge in [0.25, 0.3) is 0 Å². The number of hydrogen-bond donors (Lipinski definition) is 1. The third kappa shape index (κ3) is 4.60. The van der Waals surface area contributed by atoms with Gasteiger partial charge in [-0.1, -0.05) is 18.2 Å². The number of nitrogens with one attached hydrogen (secondary N) is 1. The van der Waals surface area contributed by atoms with Crippen LogP contribution in [-0.4, -0.2) is 51.3 Å². The third-order valence-corrected chi connectivity index (χ3v) is 3.80. The molecule has 1 aliphatic rings. The van der Waals surface area contributed by atoms with Crippen molar-refractivity contribution < 1.29 is 14.3 Å². The minimum atomic E-state index is 0. The van der Waals surface area contributed by atoms with Gasteiger partial charge in [0.2, 0.25) is 5.91 Å². The number of halogens is 1. The summed E-state index contributed by atoms with van der Waals surface area (Å²) in [6.07, 6.45) is 1.29. The molecule has 124 valence electrons. The molecule has 22 heavy (non-hydrogen) atoms. The maximum atomic E-state index is 12.5. The monoisotopic (exact) mass is 328 g/mol. The van der Waals surface area contributed by atoms with Crippen molar-refractivity contribution in [3.05, 3.63) is 29.8 Å². The van der Waals surface area contributed by atoms with Crippen LogP contribution in [0.4, 0.5) is 0 Å². The Labute approximate surface area is 138 Å². The SMILES string of the molecule is COCCCC(=O)N1CCNCC1c1ccccc1OC.Cl. The van der Waals surface area contributed by atoms with Crippen molar-refractivity contribution in [3.63, 3.8) is 0 Å². The highest BCUT2D eigenvalue weighted by molar-refractivity contribution is 5.85. The van der Waals surface area contributed by atoms with Crippen LogP contribution >= 0.6 is 12.4 Å². The molecule has 1 aliphatic heterocycles. The zero-order valence-corrected chi connectivity index (χ0v) is 14.0. The van der Waals surface area contributed by atoms with Gasteiger partial charge in [-0.05, 0) is 12.5 Å². The Morgan fingerprint density at radius 3 is 2.86 bits per heavy atom. The first-order chi connectivity index (χ1) is 10.3. The second-order valence-corrected chi connectivity index (χ2v) is 5.15. The van der Waals surface area contributed by atoms with E-state index >= 15 is 0 Å². The summed E-state index contributed by atoms with van der Waals surface area (Å²) in [5, 5.41) is 3.36. The molecule has 6 heteroatoms. The first-order valence-corrected chi connectivity index (χ1v) is 7.40. The van der Waals surface area contributed by atoms with Crippen molar-refractivity contribution in [2.24, 2.45) is 0 Å². The number of benzene rings is 1. The standard InChI is InChI=1S/C16H24N2O3.ClH/c1-20-11-5-8-16(19)18-10-9-17-12-14(18)13-6-3-4-7-15(13)21-2;/h3-4,6-7,14,17H,5,8-12H2,1-2H3;1H. The van der Waals surface area contributed by atoms with Crippen molar-refractivity contribution in [1.82, 2.24) is 10.2 Å². The van der Waals surface area contributed by atoms with E-state index in [1.807, 2.05) is 29.2 Å². The topological polar surface area (TPSA) is 50.8 Å². The van der Waals surface area contributed by atoms with Crippen LogP contribution in [-0.2, 0) is 9.53 Å². The molecule has 1 aromatic carbocycles. The molecule has 0 radical (unpaired) electrons. The Kier molecular flexibility index (Phi) is 8.24. The van der Waals surface area contributed by atoms with Crippen LogP contribution in [0.25, 0.3) is 0 Å². The van der Waals surface area contributed by atoms with Crippen LogP contribution in [0.3, 0.4) is 0 Å². The van der Waals surface area contributed by atoms with Gasteiger partial charge in [0.1, 0.15) is 5.75 Å². The zero-order valence-electron chi connectivity index (χ0n) is 13.2. The molecule has 1 aromatic rings. The van der Waals surface area contributed by atoms with E-state index in [2.05, 4.69) is 5.32 Å². The first kappa shape index (κ1) is 18.7. The molecular weight excluding hydrogens is 304 g/mol. The van der Waals surface area contributed by atoms with Gasteiger partial charge < -0.3 is 19.7 Å². The fourth-order valence-electron chi connectivity index (χ4n) is 2.73. The van der Waals surface area contributed by atoms with Crippen molar-refractivity contribution in [2.45, 2.75) is 18.9 Å². The Bertz CT molecular complexity index is 470. The summed E-state index contributed by atoms with van der Waals surface area (Å²) in [5.74, 6) is 1.02. The molecule has 0 aliphatic carbocycles. The number of piperazine rings is 1. The smallest absolute Gasteiger partial charge is 0.223 e. The van der Waals surface area contributed by atoms with Gasteiger partial charge in [-0.15, -0.1) is 12.4 Å². The van der Waals surface area contributed by atoms with Gasteiger partial charge >= 0.3 is 0 Å². The second kappa shape index (κ2) is 9.66. The van der Waals surface area contributed by atoms with Crippen LogP contribution in [0.1, 0.15) is 24.4 Å². The van der Waals surface area contributed by atoms with E-state index in [1.54, 1.807) is 14.2 Å². The van der Waals surface area contributed by atoms with Crippen LogP contribution < -0.4 is 10.1 Å². The van der Waals surface area contributed by atoms with Crippen molar-refractivity contribution in [2.75, 3.05) is 40.5 Å². The maximum absolute atomic E-state index is 12.5. The number of ether oxygens (including phenoxy) is 2. The fourth-order valence-corrected chi connectivity index (χ4v) is 2.73. The average molecular weight is 329 g/mol. The van der Waals surface area contributed by atoms with E-state index in [0.29, 0.717) is 13.0 Å². The van der Waals surface area contributed by atoms with E-state index < -0.39 is 0 Å². The third-order valence-electron chi connectivity index (χ3n) is 3.80. The molecule has 0 bridgehead atoms. The lowest BCUT2D eigenvalue weighted by Gasteiger charge is -2.37. The Morgan fingerprint density at radius 1 is 1.36 bits per heavy atom. The van der Waals surface area contributed by atoms with Gasteiger partial charge in [0.05, 0.1) is 13.2 Å². The van der Waals surface area contributed by atoms with Gasteiger partial charge in [-0.25, -0.2) is 0 Å². The highest BCUT2D eigenvalue weighted by atomic mass is 35.5. The molecule has 1 atom stereocenters. The normalized spacial score (nSPS) is 17.7. The number of carbonyl (C=O) groups excluding carboxylic acids is 1. The molecule has 1 saturated heterocycles. The largest absolute Gasteiger partial charge is 0.496 e. The quantitative estimate of drug-likeness (QED) is 0.812. The fraction of sp³-hybridized carbons (Fsp3) is 0.562. The van der Waals surface area contributed by atoms with Crippen LogP contribution in [0.15, 0.2) is 24.3 Å². The predicted octanol–water partition coefficient (Wildman–Crippen LogP) is 2.02. The lowest BCUT2D eigenvalue weighted by molar-refractivity contribution is -0.134. The van der Waals surface area contributed by atoms with E-state index in [4.69, 9.17) is 9.47 Å². The summed E-state index contributed by atoms with van der Waals surface area (Å²) in [6, 6.07) is 7.94. The molecule has 1 heterocycles. The number of methoxy groups -OCH3 is 2. The molecule has 1 fully saturated rings. The Balaban J connectivity index is 0.00000242. The number of carbonyl (C=O) groups is 1. The predicted molar refractivity (Wildman–Crippen MR) is 88.7 cm³/mol. The average Bonchev–Trinajstić information content (AvgIpc) is 2.55. The maximum Gasteiger partial charge on any atom is 0.223 e. The highest BCUT2D eigenvalue weighted by Gasteiger charge is 2.29. The number of amides is 1. The zero-order chi connectivity index (χ0) is 15.1. The highest BCUT2D eigenvalue weighted by Crippen LogP contribution is 2.30. The van der Waals surface area contributed by atoms with E-state index in [9.17, 15) is 4.79 Å². The molecule has 1 amide bonds. The molecule has 0 saturated carbocycles. The summed E-state index contributed by atoms with van der Waals surface area (Å²) in [5.41, 5.74) is 1.06. The van der Waals surface area contributed by atoms with Gasteiger partial charge in [-0.2, -0.15) is 0 Å². The molecule has 0 aromatic heterocycles. The summed E-state index contributed by atoms with van der Waals surface area (Å²) >= 11 is 0. The minimum absolute atomic E-state index is 0. The molecular formula is C16H25ClN2O3. The Hall–Kier alpha value is -1.30. The Morgan fingerprint density at radius 2 is 2.14 bits per heavy atom. The van der Waals surface area contributed by atoms with E-state index in [0.717, 1.165) is 37.4 Å². The summed E-state index contributed by atoms with van der Waals surface area (Å²) in [7, 11) is 3.33. The van der Waals surface area contributed by atoms with Gasteiger partial charge in [-0.3, -0.25) is 4.79 Å². The minimum Gasteiger partial charge on any atom is -0.496 e. The number of para-hydroxylation sites is 1. The van der Waals surface area contributed by atoms with Gasteiger partial charge in [0, 0.05) is 45.3 Å². The van der Waals surface area contributed by atoms with Crippen LogP contribution in [0.5, 0.6) is 5.75 Å². The molecule has 1 unspecified atom stereocenters. The van der Waals surface area contributed by atoms with Crippen molar-refractivity contribution in [3.8, 4) is 5.75 Å². The number of nitrogens with zero attached hydrogens (tertiary/aromatic N) is 1. The summed E-state index contributed by atoms with van der Waals surface area (Å²) in [4.78, 5) is 14.4.